The number of hydrogen-bond acceptors (Lipinski definition) is 9. The Balaban J connectivity index is 0.000000201. The molecule has 0 radical (unpaired) electrons. The minimum atomic E-state index is -0.255. The number of aryl methyl sites for hydroxylation is 5. The smallest absolute Gasteiger partial charge is 0.320 e. The fourth-order valence-electron chi connectivity index (χ4n) is 6.18. The highest BCUT2D eigenvalue weighted by atomic mass is 16.5. The lowest BCUT2D eigenvalue weighted by Crippen LogP contribution is -2.23. The Morgan fingerprint density at radius 1 is 0.706 bits per heavy atom. The summed E-state index contributed by atoms with van der Waals surface area (Å²) in [7, 11) is 3.68. The molecule has 0 aliphatic heterocycles. The SMILES string of the molecule is Cc1cccc(C)c1CNc1cccn2c(C)c(COC(=O)CN(C)C)nc12.Cc1cccc(C)c1CNc1cccn2c(CO)c(CO)nc12. The molecule has 0 spiro atoms. The van der Waals surface area contributed by atoms with Crippen LogP contribution in [0, 0.1) is 34.6 Å². The van der Waals surface area contributed by atoms with Crippen LogP contribution in [0.2, 0.25) is 0 Å². The number of carbonyl (C=O) groups is 1. The van der Waals surface area contributed by atoms with E-state index in [-0.39, 0.29) is 32.3 Å². The maximum absolute atomic E-state index is 11.8. The summed E-state index contributed by atoms with van der Waals surface area (Å²) in [5, 5.41) is 25.9. The molecule has 4 aromatic heterocycles. The van der Waals surface area contributed by atoms with Gasteiger partial charge in [0.1, 0.15) is 6.61 Å². The number of nitrogens with zero attached hydrogens (tertiary/aromatic N) is 5. The normalized spacial score (nSPS) is 11.2. The molecule has 6 aromatic rings. The van der Waals surface area contributed by atoms with Gasteiger partial charge in [0.15, 0.2) is 11.3 Å². The van der Waals surface area contributed by atoms with E-state index in [1.165, 1.54) is 33.4 Å². The van der Waals surface area contributed by atoms with Crippen LogP contribution in [-0.2, 0) is 42.4 Å². The van der Waals surface area contributed by atoms with Crippen molar-refractivity contribution in [3.63, 3.8) is 0 Å². The fourth-order valence-corrected chi connectivity index (χ4v) is 6.18. The van der Waals surface area contributed by atoms with E-state index in [0.717, 1.165) is 35.0 Å². The number of anilines is 2. The number of aliphatic hydroxyl groups excluding tert-OH is 2. The number of nitrogens with one attached hydrogen (secondary N) is 2. The van der Waals surface area contributed by atoms with Gasteiger partial charge in [0.05, 0.1) is 48.2 Å². The Kier molecular flexibility index (Phi) is 12.1. The summed E-state index contributed by atoms with van der Waals surface area (Å²) in [5.41, 5.74) is 13.9. The van der Waals surface area contributed by atoms with Gasteiger partial charge in [-0.05, 0) is 106 Å². The van der Waals surface area contributed by atoms with E-state index in [4.69, 9.17) is 9.72 Å². The predicted octanol–water partition coefficient (Wildman–Crippen LogP) is 6.02. The zero-order valence-corrected chi connectivity index (χ0v) is 30.6. The van der Waals surface area contributed by atoms with E-state index in [0.29, 0.717) is 23.6 Å². The van der Waals surface area contributed by atoms with Crippen molar-refractivity contribution in [1.82, 2.24) is 23.7 Å². The second-order valence-electron chi connectivity index (χ2n) is 13.0. The van der Waals surface area contributed by atoms with Gasteiger partial charge < -0.3 is 30.0 Å². The fraction of sp³-hybridized carbons (Fsp3) is 0.325. The molecule has 0 saturated carbocycles. The summed E-state index contributed by atoms with van der Waals surface area (Å²) in [4.78, 5) is 22.8. The summed E-state index contributed by atoms with van der Waals surface area (Å²) < 4.78 is 9.22. The summed E-state index contributed by atoms with van der Waals surface area (Å²) in [6.07, 6.45) is 3.82. The first kappa shape index (κ1) is 37.0. The topological polar surface area (TPSA) is 129 Å². The van der Waals surface area contributed by atoms with E-state index >= 15 is 0 Å². The Bertz CT molecular complexity index is 2090. The predicted molar refractivity (Wildman–Crippen MR) is 202 cm³/mol. The number of fused-ring (bicyclic) bond motifs is 2. The quantitative estimate of drug-likeness (QED) is 0.114. The summed E-state index contributed by atoms with van der Waals surface area (Å²) >= 11 is 0. The lowest BCUT2D eigenvalue weighted by atomic mass is 10.0. The molecule has 0 atom stereocenters. The van der Waals surface area contributed by atoms with Crippen molar-refractivity contribution in [1.29, 1.82) is 0 Å². The van der Waals surface area contributed by atoms with Gasteiger partial charge in [-0.2, -0.15) is 0 Å². The Labute approximate surface area is 299 Å². The Hall–Kier alpha value is -5.23. The molecule has 0 aliphatic carbocycles. The van der Waals surface area contributed by atoms with Gasteiger partial charge in [0.2, 0.25) is 0 Å². The third-order valence-electron chi connectivity index (χ3n) is 9.13. The number of ether oxygens (including phenoxy) is 1. The second-order valence-corrected chi connectivity index (χ2v) is 13.0. The molecule has 0 amide bonds. The molecule has 0 unspecified atom stereocenters. The van der Waals surface area contributed by atoms with Gasteiger partial charge in [0, 0.05) is 31.2 Å². The number of carbonyl (C=O) groups excluding carboxylic acids is 1. The van der Waals surface area contributed by atoms with Crippen LogP contribution in [0.3, 0.4) is 0 Å². The standard InChI is InChI=1S/C22H28N4O2.C18H21N3O2/c1-15-8-6-9-16(2)18(15)12-23-19-10-7-11-26-17(3)20(24-22(19)26)14-28-21(27)13-25(4)5;1-12-5-3-6-13(2)14(12)9-19-15-7-4-8-21-17(11-23)16(10-22)20-18(15)21/h6-11,23H,12-14H2,1-5H3;3-8,19,22-23H,9-11H2,1-2H3. The van der Waals surface area contributed by atoms with Crippen LogP contribution in [0.1, 0.15) is 56.2 Å². The lowest BCUT2D eigenvalue weighted by Gasteiger charge is -2.12. The van der Waals surface area contributed by atoms with Crippen molar-refractivity contribution < 1.29 is 19.7 Å². The summed E-state index contributed by atoms with van der Waals surface area (Å²) in [6.45, 7) is 12.0. The molecule has 51 heavy (non-hydrogen) atoms. The van der Waals surface area contributed by atoms with E-state index in [1.54, 1.807) is 4.90 Å². The number of esters is 1. The van der Waals surface area contributed by atoms with E-state index in [2.05, 4.69) is 79.7 Å². The Morgan fingerprint density at radius 2 is 1.20 bits per heavy atom. The minimum absolute atomic E-state index is 0.155. The molecule has 2 aromatic carbocycles. The molecule has 4 N–H and O–H groups in total. The highest BCUT2D eigenvalue weighted by molar-refractivity contribution is 5.72. The summed E-state index contributed by atoms with van der Waals surface area (Å²) in [5.74, 6) is -0.255. The monoisotopic (exact) mass is 691 g/mol. The van der Waals surface area contributed by atoms with Crippen LogP contribution in [0.5, 0.6) is 0 Å². The van der Waals surface area contributed by atoms with Crippen molar-refractivity contribution in [2.75, 3.05) is 31.3 Å². The van der Waals surface area contributed by atoms with E-state index < -0.39 is 0 Å². The molecule has 0 fully saturated rings. The average molecular weight is 692 g/mol. The maximum atomic E-state index is 11.8. The molecular weight excluding hydrogens is 642 g/mol. The highest BCUT2D eigenvalue weighted by Gasteiger charge is 2.15. The lowest BCUT2D eigenvalue weighted by molar-refractivity contribution is -0.145. The van der Waals surface area contributed by atoms with Crippen LogP contribution in [-0.4, -0.2) is 60.5 Å². The number of hydrogen-bond donors (Lipinski definition) is 4. The number of likely N-dealkylation sites (N-methyl/N-ethyl adjacent to an activating group) is 1. The van der Waals surface area contributed by atoms with Crippen molar-refractivity contribution in [3.8, 4) is 0 Å². The number of imidazole rings is 2. The molecule has 11 heteroatoms. The number of aromatic nitrogens is 4. The molecule has 0 aliphatic rings. The maximum Gasteiger partial charge on any atom is 0.320 e. The minimum Gasteiger partial charge on any atom is -0.458 e. The van der Waals surface area contributed by atoms with Crippen molar-refractivity contribution in [3.05, 3.63) is 129 Å². The largest absolute Gasteiger partial charge is 0.458 e. The zero-order valence-electron chi connectivity index (χ0n) is 30.6. The number of pyridine rings is 2. The molecule has 0 bridgehead atoms. The van der Waals surface area contributed by atoms with Gasteiger partial charge in [-0.3, -0.25) is 14.1 Å². The summed E-state index contributed by atoms with van der Waals surface area (Å²) in [6, 6.07) is 20.5. The molecule has 268 valence electrons. The second kappa shape index (κ2) is 16.7. The van der Waals surface area contributed by atoms with Gasteiger partial charge in [0.25, 0.3) is 0 Å². The first-order valence-corrected chi connectivity index (χ1v) is 17.1. The molecule has 11 nitrogen and oxygen atoms in total. The van der Waals surface area contributed by atoms with E-state index in [9.17, 15) is 15.0 Å². The van der Waals surface area contributed by atoms with Gasteiger partial charge in [-0.25, -0.2) is 9.97 Å². The number of aliphatic hydroxyl groups is 2. The van der Waals surface area contributed by atoms with Gasteiger partial charge in [-0.1, -0.05) is 36.4 Å². The highest BCUT2D eigenvalue weighted by Crippen LogP contribution is 2.24. The van der Waals surface area contributed by atoms with Crippen molar-refractivity contribution >= 4 is 28.6 Å². The molecule has 0 saturated heterocycles. The third-order valence-corrected chi connectivity index (χ3v) is 9.13. The first-order valence-electron chi connectivity index (χ1n) is 17.1. The number of rotatable bonds is 12. The van der Waals surface area contributed by atoms with Gasteiger partial charge in [-0.15, -0.1) is 0 Å². The van der Waals surface area contributed by atoms with Crippen LogP contribution in [0.15, 0.2) is 73.1 Å². The molecule has 4 heterocycles. The third kappa shape index (κ3) is 8.57. The van der Waals surface area contributed by atoms with E-state index in [1.807, 2.05) is 66.5 Å². The zero-order chi connectivity index (χ0) is 36.7. The van der Waals surface area contributed by atoms with Gasteiger partial charge >= 0.3 is 5.97 Å². The first-order chi connectivity index (χ1) is 24.5. The molecular formula is C40H49N7O4. The van der Waals surface area contributed by atoms with Crippen LogP contribution >= 0.6 is 0 Å². The van der Waals surface area contributed by atoms with Crippen LogP contribution < -0.4 is 10.6 Å². The van der Waals surface area contributed by atoms with Crippen molar-refractivity contribution in [2.24, 2.45) is 0 Å². The average Bonchev–Trinajstić information content (AvgIpc) is 3.64. The van der Waals surface area contributed by atoms with Crippen LogP contribution in [0.25, 0.3) is 11.3 Å². The van der Waals surface area contributed by atoms with Crippen LogP contribution in [0.4, 0.5) is 11.4 Å². The Morgan fingerprint density at radius 3 is 1.69 bits per heavy atom. The van der Waals surface area contributed by atoms with Crippen molar-refractivity contribution in [2.45, 2.75) is 67.5 Å². The molecule has 6 rings (SSSR count). The number of benzene rings is 2.